The molecule has 0 unspecified atom stereocenters. The Hall–Kier alpha value is -1.63. The lowest BCUT2D eigenvalue weighted by atomic mass is 9.85. The summed E-state index contributed by atoms with van der Waals surface area (Å²) in [5.41, 5.74) is -0.715. The second-order valence-corrected chi connectivity index (χ2v) is 5.09. The average Bonchev–Trinajstić information content (AvgIpc) is 2.67. The van der Waals surface area contributed by atoms with E-state index >= 15 is 0 Å². The SMILES string of the molecule is COc1ccc(C[C@H]2NC[C@H](O)[C@@]2(O)CC(=O)O)cc1. The van der Waals surface area contributed by atoms with Crippen molar-refractivity contribution in [1.29, 1.82) is 0 Å². The number of β-amino-alcohol motifs (C(OH)–C–C–N with tert-alkyl or cyclic N) is 1. The van der Waals surface area contributed by atoms with E-state index in [1.165, 1.54) is 0 Å². The van der Waals surface area contributed by atoms with Crippen LogP contribution in [0.3, 0.4) is 0 Å². The van der Waals surface area contributed by atoms with Gasteiger partial charge in [-0.1, -0.05) is 12.1 Å². The van der Waals surface area contributed by atoms with Crippen molar-refractivity contribution in [2.45, 2.75) is 30.6 Å². The molecule has 4 N–H and O–H groups in total. The van der Waals surface area contributed by atoms with Gasteiger partial charge in [-0.05, 0) is 24.1 Å². The first-order valence-corrected chi connectivity index (χ1v) is 6.44. The predicted octanol–water partition coefficient (Wildman–Crippen LogP) is -0.224. The number of nitrogens with one attached hydrogen (secondary N) is 1. The molecule has 0 bridgehead atoms. The first kappa shape index (κ1) is 14.8. The molecular formula is C14H19NO5. The molecule has 0 saturated carbocycles. The van der Waals surface area contributed by atoms with Crippen LogP contribution in [0, 0.1) is 0 Å². The smallest absolute Gasteiger partial charge is 0.306 e. The van der Waals surface area contributed by atoms with E-state index in [9.17, 15) is 15.0 Å². The van der Waals surface area contributed by atoms with Gasteiger partial charge in [0.15, 0.2) is 0 Å². The normalized spacial score (nSPS) is 29.4. The van der Waals surface area contributed by atoms with Crippen LogP contribution in [0.15, 0.2) is 24.3 Å². The molecule has 0 aromatic heterocycles. The lowest BCUT2D eigenvalue weighted by Crippen LogP contribution is -2.51. The number of aliphatic hydroxyl groups excluding tert-OH is 1. The molecule has 0 amide bonds. The van der Waals surface area contributed by atoms with Gasteiger partial charge in [0.05, 0.1) is 19.6 Å². The monoisotopic (exact) mass is 281 g/mol. The summed E-state index contributed by atoms with van der Waals surface area (Å²) in [5.74, 6) is -0.399. The number of carbonyl (C=O) groups is 1. The Kier molecular flexibility index (Phi) is 4.27. The Morgan fingerprint density at radius 3 is 2.65 bits per heavy atom. The lowest BCUT2D eigenvalue weighted by molar-refractivity contribution is -0.147. The van der Waals surface area contributed by atoms with Gasteiger partial charge >= 0.3 is 5.97 Å². The van der Waals surface area contributed by atoms with Crippen LogP contribution in [0.25, 0.3) is 0 Å². The van der Waals surface area contributed by atoms with Gasteiger partial charge in [0.2, 0.25) is 0 Å². The van der Waals surface area contributed by atoms with Crippen molar-refractivity contribution in [1.82, 2.24) is 5.32 Å². The number of hydrogen-bond donors (Lipinski definition) is 4. The van der Waals surface area contributed by atoms with E-state index < -0.39 is 30.1 Å². The molecule has 0 spiro atoms. The quantitative estimate of drug-likeness (QED) is 0.595. The van der Waals surface area contributed by atoms with Crippen LogP contribution in [0.5, 0.6) is 5.75 Å². The minimum absolute atomic E-state index is 0.185. The fourth-order valence-corrected chi connectivity index (χ4v) is 2.57. The van der Waals surface area contributed by atoms with Crippen molar-refractivity contribution in [3.8, 4) is 5.75 Å². The topological polar surface area (TPSA) is 99.0 Å². The summed E-state index contributed by atoms with van der Waals surface area (Å²) in [7, 11) is 1.58. The summed E-state index contributed by atoms with van der Waals surface area (Å²) in [4.78, 5) is 10.9. The Balaban J connectivity index is 2.12. The molecule has 1 aliphatic heterocycles. The standard InChI is InChI=1S/C14H19NO5/c1-20-10-4-2-9(3-5-10)6-11-14(19,7-13(17)18)12(16)8-15-11/h2-5,11-12,15-16,19H,6-8H2,1H3,(H,17,18)/t11-,12+,14-/m1/s1. The fourth-order valence-electron chi connectivity index (χ4n) is 2.57. The van der Waals surface area contributed by atoms with Crippen LogP contribution >= 0.6 is 0 Å². The Bertz CT molecular complexity index is 475. The van der Waals surface area contributed by atoms with Gasteiger partial charge in [0.1, 0.15) is 11.4 Å². The summed E-state index contributed by atoms with van der Waals surface area (Å²) in [6, 6.07) is 6.81. The molecule has 2 rings (SSSR count). The van der Waals surface area contributed by atoms with Crippen LogP contribution in [-0.2, 0) is 11.2 Å². The van der Waals surface area contributed by atoms with E-state index in [1.807, 2.05) is 12.1 Å². The van der Waals surface area contributed by atoms with E-state index in [2.05, 4.69) is 5.32 Å². The summed E-state index contributed by atoms with van der Waals surface area (Å²) in [6.07, 6.45) is -1.13. The van der Waals surface area contributed by atoms with Gasteiger partial charge in [-0.25, -0.2) is 0 Å². The van der Waals surface area contributed by atoms with Crippen molar-refractivity contribution in [3.05, 3.63) is 29.8 Å². The largest absolute Gasteiger partial charge is 0.497 e. The molecule has 3 atom stereocenters. The minimum Gasteiger partial charge on any atom is -0.497 e. The maximum Gasteiger partial charge on any atom is 0.306 e. The molecule has 1 saturated heterocycles. The number of carboxylic acids is 1. The number of aliphatic hydroxyl groups is 2. The summed E-state index contributed by atoms with van der Waals surface area (Å²) < 4.78 is 5.07. The molecule has 20 heavy (non-hydrogen) atoms. The molecule has 1 aliphatic rings. The lowest BCUT2D eigenvalue weighted by Gasteiger charge is -2.30. The number of aliphatic carboxylic acids is 1. The first-order valence-electron chi connectivity index (χ1n) is 6.44. The van der Waals surface area contributed by atoms with Crippen LogP contribution in [0.4, 0.5) is 0 Å². The second kappa shape index (κ2) is 5.78. The summed E-state index contributed by atoms with van der Waals surface area (Å²) in [6.45, 7) is 0.185. The van der Waals surface area contributed by atoms with Crippen molar-refractivity contribution >= 4 is 5.97 Å². The van der Waals surface area contributed by atoms with Crippen LogP contribution in [0.2, 0.25) is 0 Å². The van der Waals surface area contributed by atoms with Crippen molar-refractivity contribution in [2.24, 2.45) is 0 Å². The minimum atomic E-state index is -1.65. The van der Waals surface area contributed by atoms with Crippen molar-refractivity contribution in [3.63, 3.8) is 0 Å². The van der Waals surface area contributed by atoms with Gasteiger partial charge in [-0.3, -0.25) is 4.79 Å². The molecule has 1 aromatic carbocycles. The van der Waals surface area contributed by atoms with E-state index in [4.69, 9.17) is 9.84 Å². The third-order valence-electron chi connectivity index (χ3n) is 3.77. The number of ether oxygens (including phenoxy) is 1. The molecule has 0 aliphatic carbocycles. The van der Waals surface area contributed by atoms with Crippen molar-refractivity contribution < 1.29 is 24.9 Å². The van der Waals surface area contributed by atoms with Crippen molar-refractivity contribution in [2.75, 3.05) is 13.7 Å². The number of benzene rings is 1. The van der Waals surface area contributed by atoms with E-state index in [1.54, 1.807) is 19.2 Å². The van der Waals surface area contributed by atoms with Gasteiger partial charge < -0.3 is 25.4 Å². The molecule has 6 nitrogen and oxygen atoms in total. The zero-order valence-corrected chi connectivity index (χ0v) is 11.2. The van der Waals surface area contributed by atoms with E-state index in [0.717, 1.165) is 11.3 Å². The highest BCUT2D eigenvalue weighted by Crippen LogP contribution is 2.28. The Morgan fingerprint density at radius 1 is 1.45 bits per heavy atom. The zero-order chi connectivity index (χ0) is 14.8. The fraction of sp³-hybridized carbons (Fsp3) is 0.500. The van der Waals surface area contributed by atoms with Crippen LogP contribution in [-0.4, -0.2) is 52.7 Å². The number of hydrogen-bond acceptors (Lipinski definition) is 5. The Morgan fingerprint density at radius 2 is 2.10 bits per heavy atom. The molecule has 6 heteroatoms. The maximum absolute atomic E-state index is 10.9. The molecular weight excluding hydrogens is 262 g/mol. The molecule has 1 aromatic rings. The average molecular weight is 281 g/mol. The first-order chi connectivity index (χ1) is 9.45. The Labute approximate surface area is 117 Å². The number of rotatable bonds is 5. The van der Waals surface area contributed by atoms with Gasteiger partial charge in [-0.15, -0.1) is 0 Å². The van der Waals surface area contributed by atoms with Gasteiger partial charge in [0.25, 0.3) is 0 Å². The number of carboxylic acid groups (broad SMARTS) is 1. The number of methoxy groups -OCH3 is 1. The molecule has 1 fully saturated rings. The molecule has 1 heterocycles. The third-order valence-corrected chi connectivity index (χ3v) is 3.77. The highest BCUT2D eigenvalue weighted by Gasteiger charge is 2.49. The summed E-state index contributed by atoms with van der Waals surface area (Å²) in [5, 5.41) is 32.1. The third kappa shape index (κ3) is 2.92. The highest BCUT2D eigenvalue weighted by molar-refractivity contribution is 5.68. The maximum atomic E-state index is 10.9. The molecule has 110 valence electrons. The van der Waals surface area contributed by atoms with E-state index in [-0.39, 0.29) is 6.54 Å². The van der Waals surface area contributed by atoms with Crippen LogP contribution in [0.1, 0.15) is 12.0 Å². The zero-order valence-electron chi connectivity index (χ0n) is 11.2. The van der Waals surface area contributed by atoms with Crippen LogP contribution < -0.4 is 10.1 Å². The van der Waals surface area contributed by atoms with Gasteiger partial charge in [-0.2, -0.15) is 0 Å². The van der Waals surface area contributed by atoms with E-state index in [0.29, 0.717) is 6.42 Å². The second-order valence-electron chi connectivity index (χ2n) is 5.09. The molecule has 0 radical (unpaired) electrons. The van der Waals surface area contributed by atoms with Gasteiger partial charge in [0, 0.05) is 12.6 Å². The highest BCUT2D eigenvalue weighted by atomic mass is 16.5. The predicted molar refractivity (Wildman–Crippen MR) is 71.7 cm³/mol. The summed E-state index contributed by atoms with van der Waals surface area (Å²) >= 11 is 0.